The van der Waals surface area contributed by atoms with Gasteiger partial charge in [0, 0.05) is 10.5 Å². The summed E-state index contributed by atoms with van der Waals surface area (Å²) in [6.45, 7) is 7.53. The van der Waals surface area contributed by atoms with Gasteiger partial charge >= 0.3 is 0 Å². The van der Waals surface area contributed by atoms with Crippen LogP contribution in [0.15, 0.2) is 46.9 Å². The Kier molecular flexibility index (Phi) is 6.01. The molecule has 1 nitrogen and oxygen atoms in total. The first-order valence-electron chi connectivity index (χ1n) is 7.62. The monoisotopic (exact) mass is 345 g/mol. The van der Waals surface area contributed by atoms with E-state index in [9.17, 15) is 0 Å². The van der Waals surface area contributed by atoms with Crippen molar-refractivity contribution in [3.8, 4) is 0 Å². The summed E-state index contributed by atoms with van der Waals surface area (Å²) in [5, 5.41) is 3.62. The molecule has 2 rings (SSSR count). The number of hydrogen-bond acceptors (Lipinski definition) is 1. The van der Waals surface area contributed by atoms with Crippen molar-refractivity contribution in [3.05, 3.63) is 69.2 Å². The van der Waals surface area contributed by atoms with Gasteiger partial charge in [0.05, 0.1) is 0 Å². The summed E-state index contributed by atoms with van der Waals surface area (Å²) in [5.41, 5.74) is 5.51. The number of rotatable bonds is 6. The summed E-state index contributed by atoms with van der Waals surface area (Å²) in [4.78, 5) is 0. The smallest absolute Gasteiger partial charge is 0.0175 e. The molecule has 0 spiro atoms. The predicted octanol–water partition coefficient (Wildman–Crippen LogP) is 4.83. The van der Waals surface area contributed by atoms with Crippen LogP contribution in [0.3, 0.4) is 0 Å². The predicted molar refractivity (Wildman–Crippen MR) is 94.9 cm³/mol. The summed E-state index contributed by atoms with van der Waals surface area (Å²) >= 11 is 3.50. The molecule has 0 aliphatic heterocycles. The second kappa shape index (κ2) is 7.77. The maximum Gasteiger partial charge on any atom is 0.0175 e. The zero-order valence-corrected chi connectivity index (χ0v) is 14.7. The van der Waals surface area contributed by atoms with Gasteiger partial charge in [-0.3, -0.25) is 0 Å². The largest absolute Gasteiger partial charge is 0.314 e. The molecule has 0 aliphatic carbocycles. The maximum atomic E-state index is 3.62. The molecule has 0 aromatic heterocycles. The van der Waals surface area contributed by atoms with Crippen LogP contribution in [0.1, 0.15) is 29.2 Å². The molecule has 0 aliphatic rings. The van der Waals surface area contributed by atoms with Gasteiger partial charge in [-0.1, -0.05) is 64.3 Å². The third-order valence-corrected chi connectivity index (χ3v) is 4.18. The third-order valence-electron chi connectivity index (χ3n) is 3.65. The van der Waals surface area contributed by atoms with Crippen LogP contribution in [0.25, 0.3) is 0 Å². The average molecular weight is 346 g/mol. The van der Waals surface area contributed by atoms with Crippen LogP contribution in [0.2, 0.25) is 0 Å². The second-order valence-corrected chi connectivity index (χ2v) is 6.70. The zero-order valence-electron chi connectivity index (χ0n) is 13.1. The number of halogens is 1. The van der Waals surface area contributed by atoms with Crippen LogP contribution in [0.4, 0.5) is 0 Å². The number of benzene rings is 2. The van der Waals surface area contributed by atoms with E-state index in [1.807, 2.05) is 0 Å². The van der Waals surface area contributed by atoms with Crippen LogP contribution in [0, 0.1) is 13.8 Å². The highest BCUT2D eigenvalue weighted by atomic mass is 79.9. The quantitative estimate of drug-likeness (QED) is 0.790. The molecule has 0 bridgehead atoms. The topological polar surface area (TPSA) is 12.0 Å². The molecule has 21 heavy (non-hydrogen) atoms. The molecule has 0 saturated heterocycles. The van der Waals surface area contributed by atoms with Crippen LogP contribution < -0.4 is 5.32 Å². The SMILES string of the molecule is CCNC(Cc1ccc(Br)cc1)Cc1cc(C)cc(C)c1. The van der Waals surface area contributed by atoms with Crippen molar-refractivity contribution >= 4 is 15.9 Å². The fraction of sp³-hybridized carbons (Fsp3) is 0.368. The Bertz CT molecular complexity index is 554. The molecule has 2 aromatic carbocycles. The molecule has 0 heterocycles. The molecular weight excluding hydrogens is 322 g/mol. The minimum Gasteiger partial charge on any atom is -0.314 e. The van der Waals surface area contributed by atoms with E-state index in [0.717, 1.165) is 23.9 Å². The Morgan fingerprint density at radius 1 is 0.905 bits per heavy atom. The standard InChI is InChI=1S/C19H24BrN/c1-4-21-19(12-16-5-7-18(20)8-6-16)13-17-10-14(2)9-15(3)11-17/h5-11,19,21H,4,12-13H2,1-3H3. The van der Waals surface area contributed by atoms with Gasteiger partial charge < -0.3 is 5.32 Å². The Hall–Kier alpha value is -1.12. The van der Waals surface area contributed by atoms with Gasteiger partial charge in [-0.2, -0.15) is 0 Å². The van der Waals surface area contributed by atoms with Crippen LogP contribution in [-0.4, -0.2) is 12.6 Å². The number of hydrogen-bond donors (Lipinski definition) is 1. The van der Waals surface area contributed by atoms with Crippen molar-refractivity contribution in [2.75, 3.05) is 6.54 Å². The Morgan fingerprint density at radius 2 is 1.48 bits per heavy atom. The minimum atomic E-state index is 0.484. The van der Waals surface area contributed by atoms with Crippen LogP contribution in [0.5, 0.6) is 0 Å². The van der Waals surface area contributed by atoms with Crippen molar-refractivity contribution in [2.24, 2.45) is 0 Å². The van der Waals surface area contributed by atoms with E-state index in [0.29, 0.717) is 6.04 Å². The van der Waals surface area contributed by atoms with Crippen molar-refractivity contribution in [3.63, 3.8) is 0 Å². The lowest BCUT2D eigenvalue weighted by Gasteiger charge is -2.19. The Morgan fingerprint density at radius 3 is 2.05 bits per heavy atom. The third kappa shape index (κ3) is 5.29. The van der Waals surface area contributed by atoms with E-state index in [2.05, 4.69) is 84.5 Å². The van der Waals surface area contributed by atoms with Gasteiger partial charge in [-0.15, -0.1) is 0 Å². The first kappa shape index (κ1) is 16.3. The fourth-order valence-electron chi connectivity index (χ4n) is 2.88. The van der Waals surface area contributed by atoms with E-state index >= 15 is 0 Å². The van der Waals surface area contributed by atoms with Gasteiger partial charge in [-0.25, -0.2) is 0 Å². The Balaban J connectivity index is 2.09. The van der Waals surface area contributed by atoms with E-state index in [1.54, 1.807) is 0 Å². The van der Waals surface area contributed by atoms with Gasteiger partial charge in [0.15, 0.2) is 0 Å². The lowest BCUT2D eigenvalue weighted by molar-refractivity contribution is 0.521. The lowest BCUT2D eigenvalue weighted by Crippen LogP contribution is -2.33. The van der Waals surface area contributed by atoms with E-state index in [1.165, 1.54) is 22.3 Å². The van der Waals surface area contributed by atoms with E-state index in [-0.39, 0.29) is 0 Å². The van der Waals surface area contributed by atoms with E-state index in [4.69, 9.17) is 0 Å². The average Bonchev–Trinajstić information content (AvgIpc) is 2.40. The summed E-state index contributed by atoms with van der Waals surface area (Å²) in [5.74, 6) is 0. The van der Waals surface area contributed by atoms with Gasteiger partial charge in [0.1, 0.15) is 0 Å². The van der Waals surface area contributed by atoms with E-state index < -0.39 is 0 Å². The molecular formula is C19H24BrN. The van der Waals surface area contributed by atoms with Crippen LogP contribution in [-0.2, 0) is 12.8 Å². The highest BCUT2D eigenvalue weighted by molar-refractivity contribution is 9.10. The summed E-state index contributed by atoms with van der Waals surface area (Å²) in [6, 6.07) is 16.0. The molecule has 1 atom stereocenters. The number of aryl methyl sites for hydroxylation is 2. The maximum absolute atomic E-state index is 3.62. The summed E-state index contributed by atoms with van der Waals surface area (Å²) in [6.07, 6.45) is 2.14. The van der Waals surface area contributed by atoms with Crippen LogP contribution >= 0.6 is 15.9 Å². The molecule has 2 heteroatoms. The number of nitrogens with one attached hydrogen (secondary N) is 1. The minimum absolute atomic E-state index is 0.484. The Labute approximate surface area is 136 Å². The van der Waals surface area contributed by atoms with Crippen molar-refractivity contribution in [1.82, 2.24) is 5.32 Å². The van der Waals surface area contributed by atoms with Gasteiger partial charge in [-0.05, 0) is 56.5 Å². The molecule has 112 valence electrons. The van der Waals surface area contributed by atoms with Gasteiger partial charge in [0.25, 0.3) is 0 Å². The normalized spacial score (nSPS) is 12.4. The van der Waals surface area contributed by atoms with Crippen molar-refractivity contribution in [2.45, 2.75) is 39.7 Å². The molecule has 0 amide bonds. The van der Waals surface area contributed by atoms with Crippen molar-refractivity contribution < 1.29 is 0 Å². The second-order valence-electron chi connectivity index (χ2n) is 5.79. The molecule has 1 unspecified atom stereocenters. The zero-order chi connectivity index (χ0) is 15.2. The van der Waals surface area contributed by atoms with Crippen molar-refractivity contribution in [1.29, 1.82) is 0 Å². The summed E-state index contributed by atoms with van der Waals surface area (Å²) in [7, 11) is 0. The molecule has 0 saturated carbocycles. The molecule has 0 radical (unpaired) electrons. The lowest BCUT2D eigenvalue weighted by atomic mass is 9.97. The number of likely N-dealkylation sites (N-methyl/N-ethyl adjacent to an activating group) is 1. The first-order valence-corrected chi connectivity index (χ1v) is 8.41. The highest BCUT2D eigenvalue weighted by Crippen LogP contribution is 2.15. The fourth-order valence-corrected chi connectivity index (χ4v) is 3.15. The molecule has 1 N–H and O–H groups in total. The molecule has 2 aromatic rings. The summed E-state index contributed by atoms with van der Waals surface area (Å²) < 4.78 is 1.14. The first-order chi connectivity index (χ1) is 10.1. The van der Waals surface area contributed by atoms with Gasteiger partial charge in [0.2, 0.25) is 0 Å². The highest BCUT2D eigenvalue weighted by Gasteiger charge is 2.10. The molecule has 0 fully saturated rings.